The number of benzene rings is 1. The molecule has 0 spiro atoms. The van der Waals surface area contributed by atoms with Crippen molar-refractivity contribution in [2.24, 2.45) is 11.7 Å². The number of thiazole rings is 1. The molecule has 3 nitrogen and oxygen atoms in total. The highest BCUT2D eigenvalue weighted by Gasteiger charge is 2.31. The quantitative estimate of drug-likeness (QED) is 0.916. The van der Waals surface area contributed by atoms with Gasteiger partial charge in [0, 0.05) is 10.9 Å². The summed E-state index contributed by atoms with van der Waals surface area (Å²) in [4.78, 5) is 4.60. The summed E-state index contributed by atoms with van der Waals surface area (Å²) in [6.45, 7) is 0. The van der Waals surface area contributed by atoms with Crippen molar-refractivity contribution in [2.45, 2.75) is 18.9 Å². The van der Waals surface area contributed by atoms with E-state index >= 15 is 0 Å². The van der Waals surface area contributed by atoms with Crippen LogP contribution in [0.5, 0.6) is 0 Å². The van der Waals surface area contributed by atoms with Gasteiger partial charge in [0.25, 0.3) is 0 Å². The van der Waals surface area contributed by atoms with Crippen LogP contribution < -0.4 is 5.73 Å². The van der Waals surface area contributed by atoms with Crippen LogP contribution in [0.25, 0.3) is 11.3 Å². The minimum Gasteiger partial charge on any atom is -0.322 e. The number of hydrogen-bond acceptors (Lipinski definition) is 4. The highest BCUT2D eigenvalue weighted by Crippen LogP contribution is 2.40. The van der Waals surface area contributed by atoms with Crippen molar-refractivity contribution in [2.75, 3.05) is 0 Å². The average Bonchev–Trinajstić information content (AvgIpc) is 3.15. The summed E-state index contributed by atoms with van der Waals surface area (Å²) in [6.07, 6.45) is 2.44. The molecule has 2 aromatic rings. The highest BCUT2D eigenvalue weighted by atomic mass is 32.1. The van der Waals surface area contributed by atoms with Crippen LogP contribution in [0, 0.1) is 17.2 Å². The molecule has 90 valence electrons. The third-order valence-electron chi connectivity index (χ3n) is 3.22. The lowest BCUT2D eigenvalue weighted by molar-refractivity contribution is 0.629. The van der Waals surface area contributed by atoms with E-state index in [1.54, 1.807) is 17.4 Å². The Morgan fingerprint density at radius 3 is 3.00 bits per heavy atom. The summed E-state index contributed by atoms with van der Waals surface area (Å²) in [7, 11) is 0. The van der Waals surface area contributed by atoms with Crippen molar-refractivity contribution >= 4 is 11.3 Å². The summed E-state index contributed by atoms with van der Waals surface area (Å²) in [5.41, 5.74) is 8.71. The molecule has 18 heavy (non-hydrogen) atoms. The second-order valence-corrected chi connectivity index (χ2v) is 5.52. The smallest absolute Gasteiger partial charge is 0.110 e. The molecule has 2 N–H and O–H groups in total. The standard InChI is InChI=1S/C14H13N3S/c15-7-9-2-1-3-11(6-9)12-8-18-14(17-12)13(16)10-4-5-10/h1-3,6,8,10,13H,4-5,16H2. The second-order valence-electron chi connectivity index (χ2n) is 4.63. The van der Waals surface area contributed by atoms with Crippen LogP contribution in [-0.4, -0.2) is 4.98 Å². The maximum absolute atomic E-state index is 8.90. The van der Waals surface area contributed by atoms with Gasteiger partial charge >= 0.3 is 0 Å². The number of rotatable bonds is 3. The number of aromatic nitrogens is 1. The molecule has 0 aliphatic heterocycles. The minimum atomic E-state index is 0.0860. The Morgan fingerprint density at radius 2 is 2.28 bits per heavy atom. The van der Waals surface area contributed by atoms with Crippen LogP contribution in [0.1, 0.15) is 29.5 Å². The molecule has 1 aliphatic carbocycles. The summed E-state index contributed by atoms with van der Waals surface area (Å²) < 4.78 is 0. The molecule has 0 radical (unpaired) electrons. The Labute approximate surface area is 110 Å². The van der Waals surface area contributed by atoms with Crippen molar-refractivity contribution in [3.63, 3.8) is 0 Å². The van der Waals surface area contributed by atoms with E-state index in [0.717, 1.165) is 16.3 Å². The van der Waals surface area contributed by atoms with Crippen LogP contribution in [0.15, 0.2) is 29.6 Å². The largest absolute Gasteiger partial charge is 0.322 e. The number of nitriles is 1. The molecular weight excluding hydrogens is 242 g/mol. The third kappa shape index (κ3) is 2.15. The van der Waals surface area contributed by atoms with Crippen LogP contribution in [-0.2, 0) is 0 Å². The van der Waals surface area contributed by atoms with Gasteiger partial charge in [0.15, 0.2) is 0 Å². The van der Waals surface area contributed by atoms with Gasteiger partial charge in [-0.15, -0.1) is 11.3 Å². The molecular formula is C14H13N3S. The number of nitrogens with two attached hydrogens (primary N) is 1. The van der Waals surface area contributed by atoms with Gasteiger partial charge in [-0.05, 0) is 30.9 Å². The van der Waals surface area contributed by atoms with Gasteiger partial charge < -0.3 is 5.73 Å². The first-order valence-electron chi connectivity index (χ1n) is 5.99. The SMILES string of the molecule is N#Cc1cccc(-c2csc(C(N)C3CC3)n2)c1. The van der Waals surface area contributed by atoms with Gasteiger partial charge in [0.2, 0.25) is 0 Å². The summed E-state index contributed by atoms with van der Waals surface area (Å²) in [5.74, 6) is 0.620. The Balaban J connectivity index is 1.90. The van der Waals surface area contributed by atoms with Gasteiger partial charge in [-0.25, -0.2) is 4.98 Å². The molecule has 0 saturated heterocycles. The molecule has 1 aromatic carbocycles. The third-order valence-corrected chi connectivity index (χ3v) is 4.17. The fourth-order valence-corrected chi connectivity index (χ4v) is 2.90. The molecule has 1 unspecified atom stereocenters. The molecule has 1 heterocycles. The average molecular weight is 255 g/mol. The van der Waals surface area contributed by atoms with Crippen molar-refractivity contribution in [3.05, 3.63) is 40.2 Å². The van der Waals surface area contributed by atoms with E-state index in [9.17, 15) is 0 Å². The lowest BCUT2D eigenvalue weighted by Crippen LogP contribution is -2.11. The van der Waals surface area contributed by atoms with Crippen molar-refractivity contribution in [1.82, 2.24) is 4.98 Å². The predicted molar refractivity (Wildman–Crippen MR) is 71.9 cm³/mol. The van der Waals surface area contributed by atoms with E-state index in [-0.39, 0.29) is 6.04 Å². The lowest BCUT2D eigenvalue weighted by Gasteiger charge is -2.04. The summed E-state index contributed by atoms with van der Waals surface area (Å²) in [6, 6.07) is 9.75. The first kappa shape index (κ1) is 11.4. The Bertz CT molecular complexity index is 607. The van der Waals surface area contributed by atoms with Gasteiger partial charge in [-0.1, -0.05) is 12.1 Å². The summed E-state index contributed by atoms with van der Waals surface area (Å²) >= 11 is 1.62. The topological polar surface area (TPSA) is 62.7 Å². The Hall–Kier alpha value is -1.70. The lowest BCUT2D eigenvalue weighted by atomic mass is 10.1. The monoisotopic (exact) mass is 255 g/mol. The Kier molecular flexibility index (Phi) is 2.86. The van der Waals surface area contributed by atoms with Gasteiger partial charge in [0.05, 0.1) is 23.4 Å². The maximum Gasteiger partial charge on any atom is 0.110 e. The molecule has 1 atom stereocenters. The van der Waals surface area contributed by atoms with Gasteiger partial charge in [0.1, 0.15) is 5.01 Å². The molecule has 1 saturated carbocycles. The first-order chi connectivity index (χ1) is 8.78. The molecule has 0 bridgehead atoms. The fourth-order valence-electron chi connectivity index (χ4n) is 1.98. The predicted octanol–water partition coefficient (Wildman–Crippen LogP) is 3.09. The zero-order valence-corrected chi connectivity index (χ0v) is 10.7. The number of nitrogens with zero attached hydrogens (tertiary/aromatic N) is 2. The molecule has 1 aromatic heterocycles. The number of hydrogen-bond donors (Lipinski definition) is 1. The van der Waals surface area contributed by atoms with Crippen LogP contribution in [0.2, 0.25) is 0 Å². The van der Waals surface area contributed by atoms with E-state index in [4.69, 9.17) is 11.0 Å². The normalized spacial score (nSPS) is 16.2. The van der Waals surface area contributed by atoms with Gasteiger partial charge in [-0.3, -0.25) is 0 Å². The maximum atomic E-state index is 8.90. The summed E-state index contributed by atoms with van der Waals surface area (Å²) in [5, 5.41) is 11.9. The zero-order valence-electron chi connectivity index (χ0n) is 9.84. The zero-order chi connectivity index (χ0) is 12.5. The van der Waals surface area contributed by atoms with E-state index < -0.39 is 0 Å². The van der Waals surface area contributed by atoms with Crippen molar-refractivity contribution < 1.29 is 0 Å². The molecule has 1 fully saturated rings. The fraction of sp³-hybridized carbons (Fsp3) is 0.286. The molecule has 0 amide bonds. The van der Waals surface area contributed by atoms with Crippen LogP contribution in [0.4, 0.5) is 0 Å². The molecule has 3 rings (SSSR count). The van der Waals surface area contributed by atoms with E-state index in [1.165, 1.54) is 12.8 Å². The molecule has 1 aliphatic rings. The first-order valence-corrected chi connectivity index (χ1v) is 6.87. The highest BCUT2D eigenvalue weighted by molar-refractivity contribution is 7.10. The van der Waals surface area contributed by atoms with Crippen molar-refractivity contribution in [3.8, 4) is 17.3 Å². The van der Waals surface area contributed by atoms with Crippen LogP contribution in [0.3, 0.4) is 0 Å². The van der Waals surface area contributed by atoms with Crippen LogP contribution >= 0.6 is 11.3 Å². The van der Waals surface area contributed by atoms with Gasteiger partial charge in [-0.2, -0.15) is 5.26 Å². The second kappa shape index (κ2) is 4.52. The Morgan fingerprint density at radius 1 is 1.44 bits per heavy atom. The molecule has 4 heteroatoms. The van der Waals surface area contributed by atoms with Crippen molar-refractivity contribution in [1.29, 1.82) is 5.26 Å². The van der Waals surface area contributed by atoms with E-state index in [0.29, 0.717) is 11.5 Å². The van der Waals surface area contributed by atoms with E-state index in [2.05, 4.69) is 11.1 Å². The minimum absolute atomic E-state index is 0.0860. The van der Waals surface area contributed by atoms with E-state index in [1.807, 2.05) is 23.6 Å².